The van der Waals surface area contributed by atoms with Crippen molar-refractivity contribution in [1.82, 2.24) is 9.88 Å². The van der Waals surface area contributed by atoms with Crippen molar-refractivity contribution in [2.75, 3.05) is 51.4 Å². The van der Waals surface area contributed by atoms with Crippen LogP contribution in [-0.2, 0) is 9.47 Å². The van der Waals surface area contributed by atoms with E-state index >= 15 is 0 Å². The second-order valence-corrected chi connectivity index (χ2v) is 8.77. The van der Waals surface area contributed by atoms with Crippen molar-refractivity contribution in [2.24, 2.45) is 0 Å². The van der Waals surface area contributed by atoms with Gasteiger partial charge in [0.2, 0.25) is 5.88 Å². The fourth-order valence-electron chi connectivity index (χ4n) is 4.75. The molecule has 0 radical (unpaired) electrons. The third-order valence-electron chi connectivity index (χ3n) is 6.80. The number of nitrogens with zero attached hydrogens (tertiary/aromatic N) is 3. The van der Waals surface area contributed by atoms with Gasteiger partial charge in [0.15, 0.2) is 0 Å². The number of hydrogen-bond donors (Lipinski definition) is 0. The number of likely N-dealkylation sites (N-methyl/N-ethyl adjacent to an activating group) is 1. The fraction of sp³-hybridized carbons (Fsp3) is 0.538. The first-order chi connectivity index (χ1) is 16.0. The van der Waals surface area contributed by atoms with Gasteiger partial charge in [0.05, 0.1) is 12.7 Å². The Balaban J connectivity index is 1.63. The number of aromatic nitrogens is 1. The molecule has 1 aromatic carbocycles. The topological polar surface area (TPSA) is 64.1 Å². The summed E-state index contributed by atoms with van der Waals surface area (Å²) in [5.41, 5.74) is 4.49. The molecule has 1 aromatic heterocycles. The molecule has 3 heterocycles. The van der Waals surface area contributed by atoms with Crippen LogP contribution in [0.2, 0.25) is 0 Å². The predicted octanol–water partition coefficient (Wildman–Crippen LogP) is 3.93. The highest BCUT2D eigenvalue weighted by atomic mass is 16.5. The molecule has 7 heteroatoms. The predicted molar refractivity (Wildman–Crippen MR) is 129 cm³/mol. The van der Waals surface area contributed by atoms with Crippen molar-refractivity contribution >= 4 is 11.7 Å². The van der Waals surface area contributed by atoms with Gasteiger partial charge in [-0.05, 0) is 62.6 Å². The number of rotatable bonds is 8. The molecule has 178 valence electrons. The number of benzene rings is 1. The van der Waals surface area contributed by atoms with Gasteiger partial charge < -0.3 is 19.1 Å². The quantitative estimate of drug-likeness (QED) is 0.561. The molecular formula is C26H35N3O4. The molecule has 2 fully saturated rings. The minimum Gasteiger partial charge on any atom is -0.472 e. The van der Waals surface area contributed by atoms with Gasteiger partial charge in [-0.15, -0.1) is 0 Å². The molecule has 2 saturated heterocycles. The minimum absolute atomic E-state index is 0.206. The molecule has 0 aliphatic carbocycles. The van der Waals surface area contributed by atoms with Crippen LogP contribution in [0.15, 0.2) is 30.5 Å². The van der Waals surface area contributed by atoms with Crippen LogP contribution in [-0.4, -0.2) is 74.5 Å². The summed E-state index contributed by atoms with van der Waals surface area (Å²) in [6.45, 7) is 11.7. The zero-order valence-electron chi connectivity index (χ0n) is 20.2. The summed E-state index contributed by atoms with van der Waals surface area (Å²) in [4.78, 5) is 21.9. The first-order valence-electron chi connectivity index (χ1n) is 12.0. The van der Waals surface area contributed by atoms with Gasteiger partial charge in [-0.1, -0.05) is 6.92 Å². The van der Waals surface area contributed by atoms with Crippen LogP contribution in [0.3, 0.4) is 0 Å². The minimum atomic E-state index is -0.322. The number of pyridine rings is 1. The number of carbonyl (C=O) groups excluding carboxylic acids is 1. The highest BCUT2D eigenvalue weighted by Crippen LogP contribution is 2.34. The largest absolute Gasteiger partial charge is 0.472 e. The van der Waals surface area contributed by atoms with Crippen LogP contribution >= 0.6 is 0 Å². The Hall–Kier alpha value is -2.64. The molecule has 2 aliphatic rings. The Kier molecular flexibility index (Phi) is 7.50. The fourth-order valence-corrected chi connectivity index (χ4v) is 4.75. The van der Waals surface area contributed by atoms with Gasteiger partial charge in [-0.2, -0.15) is 0 Å². The first-order valence-corrected chi connectivity index (χ1v) is 12.0. The Labute approximate surface area is 196 Å². The SMILES string of the molecule is CCN1CC(Oc2ccc(-c3cc(C(=O)OC)c(C)c(N(CC)C4CCOCC4)c3)cn2)C1. The van der Waals surface area contributed by atoms with Crippen LogP contribution in [0.4, 0.5) is 5.69 Å². The lowest BCUT2D eigenvalue weighted by Gasteiger charge is -2.37. The maximum atomic E-state index is 12.6. The molecule has 2 aliphatic heterocycles. The van der Waals surface area contributed by atoms with E-state index in [9.17, 15) is 4.79 Å². The highest BCUT2D eigenvalue weighted by Gasteiger charge is 2.27. The van der Waals surface area contributed by atoms with Crippen molar-refractivity contribution in [3.05, 3.63) is 41.6 Å². The van der Waals surface area contributed by atoms with E-state index in [1.807, 2.05) is 31.3 Å². The molecule has 7 nitrogen and oxygen atoms in total. The normalized spacial score (nSPS) is 17.5. The van der Waals surface area contributed by atoms with Gasteiger partial charge in [0.25, 0.3) is 0 Å². The van der Waals surface area contributed by atoms with Gasteiger partial charge in [-0.3, -0.25) is 4.90 Å². The van der Waals surface area contributed by atoms with Crippen LogP contribution in [0, 0.1) is 6.92 Å². The number of anilines is 1. The molecule has 2 aromatic rings. The van der Waals surface area contributed by atoms with E-state index in [1.165, 1.54) is 7.11 Å². The van der Waals surface area contributed by atoms with Crippen LogP contribution in [0.25, 0.3) is 11.1 Å². The zero-order chi connectivity index (χ0) is 23.4. The maximum Gasteiger partial charge on any atom is 0.338 e. The van der Waals surface area contributed by atoms with E-state index in [-0.39, 0.29) is 12.1 Å². The average molecular weight is 454 g/mol. The molecule has 0 bridgehead atoms. The van der Waals surface area contributed by atoms with E-state index < -0.39 is 0 Å². The Morgan fingerprint density at radius 2 is 1.94 bits per heavy atom. The van der Waals surface area contributed by atoms with Gasteiger partial charge >= 0.3 is 5.97 Å². The molecule has 0 unspecified atom stereocenters. The van der Waals surface area contributed by atoms with Crippen molar-refractivity contribution in [2.45, 2.75) is 45.8 Å². The van der Waals surface area contributed by atoms with Gasteiger partial charge in [0, 0.05) is 62.4 Å². The molecular weight excluding hydrogens is 418 g/mol. The Morgan fingerprint density at radius 1 is 1.18 bits per heavy atom. The highest BCUT2D eigenvalue weighted by molar-refractivity contribution is 5.95. The van der Waals surface area contributed by atoms with Crippen molar-refractivity contribution in [3.8, 4) is 17.0 Å². The monoisotopic (exact) mass is 453 g/mol. The molecule has 0 amide bonds. The van der Waals surface area contributed by atoms with Crippen molar-refractivity contribution in [3.63, 3.8) is 0 Å². The third kappa shape index (κ3) is 5.14. The molecule has 0 N–H and O–H groups in total. The van der Waals surface area contributed by atoms with Crippen molar-refractivity contribution < 1.29 is 19.0 Å². The van der Waals surface area contributed by atoms with Gasteiger partial charge in [0.1, 0.15) is 6.10 Å². The number of carbonyl (C=O) groups is 1. The lowest BCUT2D eigenvalue weighted by molar-refractivity contribution is 0.0209. The maximum absolute atomic E-state index is 12.6. The summed E-state index contributed by atoms with van der Waals surface area (Å²) < 4.78 is 16.7. The van der Waals surface area contributed by atoms with E-state index in [0.717, 1.165) is 74.6 Å². The summed E-state index contributed by atoms with van der Waals surface area (Å²) in [5.74, 6) is 0.314. The van der Waals surface area contributed by atoms with Crippen molar-refractivity contribution in [1.29, 1.82) is 0 Å². The zero-order valence-corrected chi connectivity index (χ0v) is 20.2. The summed E-state index contributed by atoms with van der Waals surface area (Å²) in [5, 5.41) is 0. The second kappa shape index (κ2) is 10.5. The number of methoxy groups -OCH3 is 1. The van der Waals surface area contributed by atoms with E-state index in [1.54, 1.807) is 0 Å². The molecule has 33 heavy (non-hydrogen) atoms. The lowest BCUT2D eigenvalue weighted by Crippen LogP contribution is -2.53. The third-order valence-corrected chi connectivity index (χ3v) is 6.80. The van der Waals surface area contributed by atoms with Crippen LogP contribution < -0.4 is 9.64 Å². The number of ether oxygens (including phenoxy) is 3. The summed E-state index contributed by atoms with van der Waals surface area (Å²) >= 11 is 0. The molecule has 4 rings (SSSR count). The lowest BCUT2D eigenvalue weighted by atomic mass is 9.96. The first kappa shape index (κ1) is 23.5. The van der Waals surface area contributed by atoms with E-state index in [4.69, 9.17) is 14.2 Å². The average Bonchev–Trinajstić information content (AvgIpc) is 2.83. The summed E-state index contributed by atoms with van der Waals surface area (Å²) in [6, 6.07) is 8.40. The number of hydrogen-bond acceptors (Lipinski definition) is 7. The summed E-state index contributed by atoms with van der Waals surface area (Å²) in [6.07, 6.45) is 3.99. The summed E-state index contributed by atoms with van der Waals surface area (Å²) in [7, 11) is 1.43. The molecule has 0 atom stereocenters. The van der Waals surface area contributed by atoms with E-state index in [2.05, 4.69) is 34.7 Å². The van der Waals surface area contributed by atoms with Gasteiger partial charge in [-0.25, -0.2) is 9.78 Å². The Bertz CT molecular complexity index is 951. The number of likely N-dealkylation sites (tertiary alicyclic amines) is 1. The Morgan fingerprint density at radius 3 is 2.55 bits per heavy atom. The standard InChI is InChI=1S/C26H35N3O4/c1-5-28-16-22(17-28)33-25-8-7-19(15-27-25)20-13-23(26(30)31-4)18(3)24(14-20)29(6-2)21-9-11-32-12-10-21/h7-8,13-15,21-22H,5-6,9-12,16-17H2,1-4H3. The number of esters is 1. The van der Waals surface area contributed by atoms with Crippen LogP contribution in [0.1, 0.15) is 42.6 Å². The molecule has 0 saturated carbocycles. The van der Waals surface area contributed by atoms with Crippen LogP contribution in [0.5, 0.6) is 5.88 Å². The smallest absolute Gasteiger partial charge is 0.338 e. The molecule has 0 spiro atoms. The van der Waals surface area contributed by atoms with E-state index in [0.29, 0.717) is 17.5 Å². The second-order valence-electron chi connectivity index (χ2n) is 8.77.